The van der Waals surface area contributed by atoms with Gasteiger partial charge in [-0.05, 0) is 42.7 Å². The van der Waals surface area contributed by atoms with Crippen molar-refractivity contribution >= 4 is 33.0 Å². The van der Waals surface area contributed by atoms with Crippen molar-refractivity contribution in [3.63, 3.8) is 0 Å². The number of para-hydroxylation sites is 1. The number of fused-ring (bicyclic) bond motifs is 1. The molecule has 2 aromatic carbocycles. The second-order valence-corrected chi connectivity index (χ2v) is 8.48. The zero-order valence-corrected chi connectivity index (χ0v) is 17.4. The van der Waals surface area contributed by atoms with E-state index in [1.165, 1.54) is 4.68 Å². The van der Waals surface area contributed by atoms with Gasteiger partial charge in [-0.15, -0.1) is 0 Å². The molecule has 0 fully saturated rings. The number of hydrogen-bond acceptors (Lipinski definition) is 4. The lowest BCUT2D eigenvalue weighted by atomic mass is 9.99. The third kappa shape index (κ3) is 4.63. The zero-order valence-electron chi connectivity index (χ0n) is 15.9. The van der Waals surface area contributed by atoms with Crippen LogP contribution in [0, 0.1) is 12.3 Å². The van der Waals surface area contributed by atoms with Crippen LogP contribution in [0.25, 0.3) is 10.9 Å². The van der Waals surface area contributed by atoms with Crippen molar-refractivity contribution in [1.29, 1.82) is 0 Å². The first kappa shape index (κ1) is 19.3. The highest BCUT2D eigenvalue weighted by molar-refractivity contribution is 9.10. The molecule has 0 saturated carbocycles. The molecule has 0 amide bonds. The van der Waals surface area contributed by atoms with E-state index in [1.54, 1.807) is 19.2 Å². The van der Waals surface area contributed by atoms with E-state index in [2.05, 4.69) is 46.8 Å². The van der Waals surface area contributed by atoms with E-state index in [0.717, 1.165) is 15.8 Å². The number of aromatic nitrogens is 2. The molecule has 0 spiro atoms. The predicted molar refractivity (Wildman–Crippen MR) is 113 cm³/mol. The van der Waals surface area contributed by atoms with E-state index in [1.807, 2.05) is 36.4 Å². The molecule has 3 rings (SSSR count). The predicted octanol–water partition coefficient (Wildman–Crippen LogP) is 4.77. The average Bonchev–Trinajstić information content (AvgIpc) is 2.61. The first-order valence-electron chi connectivity index (χ1n) is 8.70. The van der Waals surface area contributed by atoms with Crippen molar-refractivity contribution in [2.75, 3.05) is 6.61 Å². The van der Waals surface area contributed by atoms with Crippen molar-refractivity contribution in [3.05, 3.63) is 68.7 Å². The number of aryl methyl sites for hydroxylation is 1. The second kappa shape index (κ2) is 7.64. The number of nitrogens with zero attached hydrogens (tertiary/aromatic N) is 3. The molecular formula is C21H22BrN3O2. The Labute approximate surface area is 166 Å². The quantitative estimate of drug-likeness (QED) is 0.563. The monoisotopic (exact) mass is 427 g/mol. The van der Waals surface area contributed by atoms with Crippen molar-refractivity contribution in [3.8, 4) is 5.75 Å². The molecule has 0 N–H and O–H groups in total. The van der Waals surface area contributed by atoms with E-state index in [9.17, 15) is 4.79 Å². The molecule has 3 aromatic rings. The molecule has 0 radical (unpaired) electrons. The number of rotatable bonds is 4. The van der Waals surface area contributed by atoms with Crippen LogP contribution in [0.4, 0.5) is 0 Å². The molecule has 0 atom stereocenters. The Bertz CT molecular complexity index is 1070. The largest absolute Gasteiger partial charge is 0.492 e. The summed E-state index contributed by atoms with van der Waals surface area (Å²) >= 11 is 3.40. The van der Waals surface area contributed by atoms with E-state index in [0.29, 0.717) is 23.3 Å². The summed E-state index contributed by atoms with van der Waals surface area (Å²) in [6.07, 6.45) is 1.64. The van der Waals surface area contributed by atoms with Crippen LogP contribution in [-0.2, 0) is 0 Å². The van der Waals surface area contributed by atoms with Crippen molar-refractivity contribution in [2.24, 2.45) is 10.5 Å². The first-order chi connectivity index (χ1) is 12.7. The van der Waals surface area contributed by atoms with Gasteiger partial charge in [-0.2, -0.15) is 9.78 Å². The lowest BCUT2D eigenvalue weighted by Crippen LogP contribution is -2.21. The molecular weight excluding hydrogens is 406 g/mol. The summed E-state index contributed by atoms with van der Waals surface area (Å²) in [6.45, 7) is 8.70. The van der Waals surface area contributed by atoms with Crippen LogP contribution in [0.1, 0.15) is 32.2 Å². The Kier molecular flexibility index (Phi) is 5.46. The van der Waals surface area contributed by atoms with Gasteiger partial charge in [-0.25, -0.2) is 4.98 Å². The summed E-state index contributed by atoms with van der Waals surface area (Å²) in [7, 11) is 0. The fourth-order valence-electron chi connectivity index (χ4n) is 2.53. The van der Waals surface area contributed by atoms with Crippen LogP contribution in [0.15, 0.2) is 56.8 Å². The zero-order chi connectivity index (χ0) is 19.6. The maximum Gasteiger partial charge on any atom is 0.282 e. The molecule has 1 heterocycles. The molecule has 140 valence electrons. The molecule has 0 bridgehead atoms. The van der Waals surface area contributed by atoms with E-state index in [4.69, 9.17) is 4.74 Å². The lowest BCUT2D eigenvalue weighted by molar-refractivity contribution is 0.197. The van der Waals surface area contributed by atoms with E-state index in [-0.39, 0.29) is 11.0 Å². The number of benzene rings is 2. The molecule has 0 aliphatic rings. The minimum atomic E-state index is -0.205. The Hall–Kier alpha value is -2.47. The van der Waals surface area contributed by atoms with E-state index < -0.39 is 0 Å². The summed E-state index contributed by atoms with van der Waals surface area (Å²) in [5.41, 5.74) is 1.31. The normalized spacial score (nSPS) is 12.0. The van der Waals surface area contributed by atoms with Crippen LogP contribution >= 0.6 is 15.9 Å². The summed E-state index contributed by atoms with van der Waals surface area (Å²) in [6, 6.07) is 13.1. The van der Waals surface area contributed by atoms with Gasteiger partial charge in [-0.3, -0.25) is 4.79 Å². The summed E-state index contributed by atoms with van der Waals surface area (Å²) in [5, 5.41) is 4.90. The SMILES string of the molecule is Cc1nc2ccc(Br)cc2c(=O)n1N=Cc1ccccc1OCC(C)(C)C. The minimum Gasteiger partial charge on any atom is -0.492 e. The maximum absolute atomic E-state index is 12.8. The summed E-state index contributed by atoms with van der Waals surface area (Å²) < 4.78 is 8.08. The van der Waals surface area contributed by atoms with Crippen LogP contribution in [0.2, 0.25) is 0 Å². The summed E-state index contributed by atoms with van der Waals surface area (Å²) in [4.78, 5) is 17.3. The maximum atomic E-state index is 12.8. The van der Waals surface area contributed by atoms with Crippen LogP contribution in [-0.4, -0.2) is 22.5 Å². The Morgan fingerprint density at radius 2 is 1.96 bits per heavy atom. The van der Waals surface area contributed by atoms with Crippen LogP contribution in [0.5, 0.6) is 5.75 Å². The van der Waals surface area contributed by atoms with Crippen molar-refractivity contribution in [1.82, 2.24) is 9.66 Å². The highest BCUT2D eigenvalue weighted by Crippen LogP contribution is 2.21. The highest BCUT2D eigenvalue weighted by Gasteiger charge is 2.12. The van der Waals surface area contributed by atoms with Crippen LogP contribution < -0.4 is 10.3 Å². The molecule has 0 saturated heterocycles. The number of halogens is 1. The number of ether oxygens (including phenoxy) is 1. The highest BCUT2D eigenvalue weighted by atomic mass is 79.9. The third-order valence-electron chi connectivity index (χ3n) is 3.86. The Morgan fingerprint density at radius 3 is 2.70 bits per heavy atom. The van der Waals surface area contributed by atoms with Crippen molar-refractivity contribution < 1.29 is 4.74 Å². The third-order valence-corrected chi connectivity index (χ3v) is 4.36. The van der Waals surface area contributed by atoms with Gasteiger partial charge in [0.15, 0.2) is 0 Å². The molecule has 27 heavy (non-hydrogen) atoms. The molecule has 0 unspecified atom stereocenters. The smallest absolute Gasteiger partial charge is 0.282 e. The van der Waals surface area contributed by atoms with E-state index >= 15 is 0 Å². The van der Waals surface area contributed by atoms with Gasteiger partial charge >= 0.3 is 0 Å². The standard InChI is InChI=1S/C21H22BrN3O2/c1-14-24-18-10-9-16(22)11-17(18)20(26)25(14)23-12-15-7-5-6-8-19(15)27-13-21(2,3)4/h5-12H,13H2,1-4H3. The fourth-order valence-corrected chi connectivity index (χ4v) is 2.89. The average molecular weight is 428 g/mol. The first-order valence-corrected chi connectivity index (χ1v) is 9.49. The molecule has 0 aliphatic heterocycles. The topological polar surface area (TPSA) is 56.5 Å². The summed E-state index contributed by atoms with van der Waals surface area (Å²) in [5.74, 6) is 1.26. The molecule has 0 aliphatic carbocycles. The second-order valence-electron chi connectivity index (χ2n) is 7.57. The number of hydrogen-bond donors (Lipinski definition) is 0. The molecule has 6 heteroatoms. The van der Waals surface area contributed by atoms with Gasteiger partial charge in [0, 0.05) is 10.0 Å². The lowest BCUT2D eigenvalue weighted by Gasteiger charge is -2.19. The minimum absolute atomic E-state index is 0.0490. The van der Waals surface area contributed by atoms with Crippen molar-refractivity contribution in [2.45, 2.75) is 27.7 Å². The van der Waals surface area contributed by atoms with Gasteiger partial charge < -0.3 is 4.74 Å². The van der Waals surface area contributed by atoms with Crippen LogP contribution in [0.3, 0.4) is 0 Å². The van der Waals surface area contributed by atoms with Gasteiger partial charge in [-0.1, -0.05) is 48.8 Å². The fraction of sp³-hybridized carbons (Fsp3) is 0.286. The molecule has 5 nitrogen and oxygen atoms in total. The van der Waals surface area contributed by atoms with Gasteiger partial charge in [0.1, 0.15) is 11.6 Å². The Balaban J connectivity index is 1.99. The van der Waals surface area contributed by atoms with Gasteiger partial charge in [0.2, 0.25) is 0 Å². The van der Waals surface area contributed by atoms with Gasteiger partial charge in [0.25, 0.3) is 5.56 Å². The van der Waals surface area contributed by atoms with Gasteiger partial charge in [0.05, 0.1) is 23.7 Å². The molecule has 1 aromatic heterocycles. The Morgan fingerprint density at radius 1 is 1.22 bits per heavy atom.